The first kappa shape index (κ1) is 13.0. The molecule has 0 spiro atoms. The van der Waals surface area contributed by atoms with Crippen LogP contribution in [0.4, 0.5) is 0 Å². The van der Waals surface area contributed by atoms with Gasteiger partial charge < -0.3 is 10.3 Å². The highest BCUT2D eigenvalue weighted by molar-refractivity contribution is 5.92. The van der Waals surface area contributed by atoms with Gasteiger partial charge in [0, 0.05) is 24.5 Å². The van der Waals surface area contributed by atoms with Gasteiger partial charge in [-0.2, -0.15) is 0 Å². The van der Waals surface area contributed by atoms with Crippen LogP contribution in [-0.2, 0) is 6.42 Å². The van der Waals surface area contributed by atoms with Gasteiger partial charge in [-0.05, 0) is 31.0 Å². The molecule has 0 bridgehead atoms. The predicted molar refractivity (Wildman–Crippen MR) is 71.9 cm³/mol. The minimum Gasteiger partial charge on any atom is -0.348 e. The third-order valence-electron chi connectivity index (χ3n) is 2.66. The Morgan fingerprint density at radius 3 is 2.89 bits per heavy atom. The van der Waals surface area contributed by atoms with E-state index in [2.05, 4.69) is 15.3 Å². The maximum atomic E-state index is 11.9. The van der Waals surface area contributed by atoms with Gasteiger partial charge >= 0.3 is 0 Å². The third kappa shape index (κ3) is 3.77. The van der Waals surface area contributed by atoms with Gasteiger partial charge in [0.25, 0.3) is 5.91 Å². The maximum Gasteiger partial charge on any atom is 0.268 e. The Morgan fingerprint density at radius 1 is 1.37 bits per heavy atom. The second-order valence-electron chi connectivity index (χ2n) is 4.37. The number of amides is 1. The number of H-pyrrole nitrogens is 1. The summed E-state index contributed by atoms with van der Waals surface area (Å²) in [6.45, 7) is 1.91. The standard InChI is InChI=1S/C14H15N3O2/c1-10(8-11-4-3-7-15-9-11)16-14(19)12-5-2-6-13(18)17-12/h2-7,9-10H,8H2,1H3,(H,16,19)(H,17,18)/t10-/m1/s1. The highest BCUT2D eigenvalue weighted by Crippen LogP contribution is 2.01. The van der Waals surface area contributed by atoms with Crippen molar-refractivity contribution < 1.29 is 4.79 Å². The lowest BCUT2D eigenvalue weighted by molar-refractivity contribution is 0.0935. The first-order valence-corrected chi connectivity index (χ1v) is 6.04. The number of aromatic amines is 1. The average Bonchev–Trinajstić information content (AvgIpc) is 2.39. The van der Waals surface area contributed by atoms with Crippen LogP contribution in [0.15, 0.2) is 47.5 Å². The van der Waals surface area contributed by atoms with E-state index in [1.807, 2.05) is 19.1 Å². The molecule has 5 nitrogen and oxygen atoms in total. The molecule has 0 saturated carbocycles. The third-order valence-corrected chi connectivity index (χ3v) is 2.66. The number of hydrogen-bond donors (Lipinski definition) is 2. The van der Waals surface area contributed by atoms with Crippen molar-refractivity contribution in [1.29, 1.82) is 0 Å². The quantitative estimate of drug-likeness (QED) is 0.862. The minimum atomic E-state index is -0.285. The largest absolute Gasteiger partial charge is 0.348 e. The number of carbonyl (C=O) groups is 1. The van der Waals surface area contributed by atoms with E-state index < -0.39 is 0 Å². The molecule has 0 unspecified atom stereocenters. The lowest BCUT2D eigenvalue weighted by Crippen LogP contribution is -2.35. The van der Waals surface area contributed by atoms with Gasteiger partial charge in [0.15, 0.2) is 0 Å². The fraction of sp³-hybridized carbons (Fsp3) is 0.214. The van der Waals surface area contributed by atoms with E-state index in [9.17, 15) is 9.59 Å². The number of nitrogens with one attached hydrogen (secondary N) is 2. The Morgan fingerprint density at radius 2 is 2.21 bits per heavy atom. The molecule has 0 radical (unpaired) electrons. The first-order chi connectivity index (χ1) is 9.15. The van der Waals surface area contributed by atoms with E-state index in [-0.39, 0.29) is 23.2 Å². The molecule has 19 heavy (non-hydrogen) atoms. The van der Waals surface area contributed by atoms with Crippen molar-refractivity contribution in [3.8, 4) is 0 Å². The number of aromatic nitrogens is 2. The number of hydrogen-bond acceptors (Lipinski definition) is 3. The van der Waals surface area contributed by atoms with Crippen LogP contribution in [0.3, 0.4) is 0 Å². The Hall–Kier alpha value is -2.43. The highest BCUT2D eigenvalue weighted by Gasteiger charge is 2.10. The molecule has 0 fully saturated rings. The van der Waals surface area contributed by atoms with Crippen LogP contribution < -0.4 is 10.9 Å². The molecule has 2 N–H and O–H groups in total. The van der Waals surface area contributed by atoms with Crippen LogP contribution in [0.25, 0.3) is 0 Å². The fourth-order valence-electron chi connectivity index (χ4n) is 1.81. The Kier molecular flexibility index (Phi) is 4.07. The first-order valence-electron chi connectivity index (χ1n) is 6.04. The highest BCUT2D eigenvalue weighted by atomic mass is 16.2. The van der Waals surface area contributed by atoms with Gasteiger partial charge in [0.1, 0.15) is 5.69 Å². The number of pyridine rings is 2. The van der Waals surface area contributed by atoms with Crippen molar-refractivity contribution >= 4 is 5.91 Å². The van der Waals surface area contributed by atoms with E-state index in [0.717, 1.165) is 5.56 Å². The summed E-state index contributed by atoms with van der Waals surface area (Å²) in [7, 11) is 0. The van der Waals surface area contributed by atoms with Crippen LogP contribution in [0.1, 0.15) is 23.0 Å². The number of rotatable bonds is 4. The Labute approximate surface area is 110 Å². The van der Waals surface area contributed by atoms with Crippen molar-refractivity contribution in [2.24, 2.45) is 0 Å². The van der Waals surface area contributed by atoms with Crippen LogP contribution in [-0.4, -0.2) is 21.9 Å². The second-order valence-corrected chi connectivity index (χ2v) is 4.37. The SMILES string of the molecule is C[C@H](Cc1cccnc1)NC(=O)c1cccc(=O)[nH]1. The summed E-state index contributed by atoms with van der Waals surface area (Å²) < 4.78 is 0. The molecule has 0 aliphatic heterocycles. The molecule has 1 atom stereocenters. The van der Waals surface area contributed by atoms with Crippen LogP contribution >= 0.6 is 0 Å². The Balaban J connectivity index is 1.97. The van der Waals surface area contributed by atoms with E-state index >= 15 is 0 Å². The van der Waals surface area contributed by atoms with Gasteiger partial charge in [-0.25, -0.2) is 0 Å². The van der Waals surface area contributed by atoms with Gasteiger partial charge in [-0.1, -0.05) is 12.1 Å². The smallest absolute Gasteiger partial charge is 0.268 e. The van der Waals surface area contributed by atoms with Gasteiger partial charge in [0.2, 0.25) is 5.56 Å². The topological polar surface area (TPSA) is 74.8 Å². The molecule has 98 valence electrons. The number of nitrogens with zero attached hydrogens (tertiary/aromatic N) is 1. The molecular formula is C14H15N3O2. The summed E-state index contributed by atoms with van der Waals surface area (Å²) >= 11 is 0. The molecule has 0 aliphatic rings. The normalized spacial score (nSPS) is 11.8. The van der Waals surface area contributed by atoms with Crippen LogP contribution in [0, 0.1) is 0 Å². The zero-order chi connectivity index (χ0) is 13.7. The van der Waals surface area contributed by atoms with Crippen LogP contribution in [0.5, 0.6) is 0 Å². The summed E-state index contributed by atoms with van der Waals surface area (Å²) in [5.41, 5.74) is 1.04. The molecule has 5 heteroatoms. The molecule has 2 heterocycles. The van der Waals surface area contributed by atoms with E-state index in [4.69, 9.17) is 0 Å². The van der Waals surface area contributed by atoms with Crippen LogP contribution in [0.2, 0.25) is 0 Å². The summed E-state index contributed by atoms with van der Waals surface area (Å²) in [5, 5.41) is 2.84. The minimum absolute atomic E-state index is 0.0413. The van der Waals surface area contributed by atoms with Crippen molar-refractivity contribution in [3.63, 3.8) is 0 Å². The van der Waals surface area contributed by atoms with Gasteiger partial charge in [-0.3, -0.25) is 14.6 Å². The van der Waals surface area contributed by atoms with E-state index in [0.29, 0.717) is 6.42 Å². The monoisotopic (exact) mass is 257 g/mol. The molecule has 0 aromatic carbocycles. The van der Waals surface area contributed by atoms with Gasteiger partial charge in [0.05, 0.1) is 0 Å². The van der Waals surface area contributed by atoms with E-state index in [1.165, 1.54) is 6.07 Å². The van der Waals surface area contributed by atoms with Crippen molar-refractivity contribution in [2.45, 2.75) is 19.4 Å². The molecular weight excluding hydrogens is 242 g/mol. The second kappa shape index (κ2) is 5.95. The lowest BCUT2D eigenvalue weighted by Gasteiger charge is -2.13. The summed E-state index contributed by atoms with van der Waals surface area (Å²) in [6.07, 6.45) is 4.17. The molecule has 2 rings (SSSR count). The van der Waals surface area contributed by atoms with Crippen molar-refractivity contribution in [2.75, 3.05) is 0 Å². The fourth-order valence-corrected chi connectivity index (χ4v) is 1.81. The molecule has 2 aromatic heterocycles. The Bertz CT molecular complexity index is 607. The van der Waals surface area contributed by atoms with E-state index in [1.54, 1.807) is 24.5 Å². The number of carbonyl (C=O) groups excluding carboxylic acids is 1. The molecule has 0 aliphatic carbocycles. The zero-order valence-electron chi connectivity index (χ0n) is 10.6. The molecule has 2 aromatic rings. The summed E-state index contributed by atoms with van der Waals surface area (Å²) in [6, 6.07) is 8.28. The van der Waals surface area contributed by atoms with Crippen molar-refractivity contribution in [3.05, 3.63) is 64.3 Å². The lowest BCUT2D eigenvalue weighted by atomic mass is 10.1. The van der Waals surface area contributed by atoms with Gasteiger partial charge in [-0.15, -0.1) is 0 Å². The molecule has 1 amide bonds. The molecule has 0 saturated heterocycles. The average molecular weight is 257 g/mol. The maximum absolute atomic E-state index is 11.9. The van der Waals surface area contributed by atoms with Crippen molar-refractivity contribution in [1.82, 2.24) is 15.3 Å². The summed E-state index contributed by atoms with van der Waals surface area (Å²) in [4.78, 5) is 29.6. The zero-order valence-corrected chi connectivity index (χ0v) is 10.6. The summed E-state index contributed by atoms with van der Waals surface area (Å²) in [5.74, 6) is -0.283. The predicted octanol–water partition coefficient (Wildman–Crippen LogP) is 1.13.